The van der Waals surface area contributed by atoms with Crippen LogP contribution in [0, 0.1) is 6.92 Å². The largest absolute Gasteiger partial charge is 0.480 e. The van der Waals surface area contributed by atoms with E-state index in [9.17, 15) is 9.59 Å². The van der Waals surface area contributed by atoms with Crippen molar-refractivity contribution in [3.05, 3.63) is 11.8 Å². The molecule has 19 heavy (non-hydrogen) atoms. The zero-order chi connectivity index (χ0) is 13.1. The molecule has 0 aliphatic carbocycles. The van der Waals surface area contributed by atoms with E-state index in [0.29, 0.717) is 18.7 Å². The zero-order valence-corrected chi connectivity index (χ0v) is 11.3. The van der Waals surface area contributed by atoms with Gasteiger partial charge >= 0.3 is 5.97 Å². The Labute approximate surface area is 116 Å². The summed E-state index contributed by atoms with van der Waals surface area (Å²) >= 11 is 0. The fourth-order valence-electron chi connectivity index (χ4n) is 2.08. The third-order valence-corrected chi connectivity index (χ3v) is 2.89. The molecular formula is C11H16ClN3O4. The van der Waals surface area contributed by atoms with Crippen molar-refractivity contribution in [2.24, 2.45) is 0 Å². The van der Waals surface area contributed by atoms with E-state index in [1.807, 2.05) is 0 Å². The second-order valence-electron chi connectivity index (χ2n) is 4.35. The lowest BCUT2D eigenvalue weighted by Gasteiger charge is -2.19. The maximum atomic E-state index is 11.7. The first-order valence-electron chi connectivity index (χ1n) is 5.76. The van der Waals surface area contributed by atoms with E-state index < -0.39 is 12.0 Å². The fourth-order valence-corrected chi connectivity index (χ4v) is 2.08. The Morgan fingerprint density at radius 3 is 2.95 bits per heavy atom. The van der Waals surface area contributed by atoms with Crippen LogP contribution in [0.4, 0.5) is 5.88 Å². The van der Waals surface area contributed by atoms with Crippen molar-refractivity contribution >= 4 is 30.2 Å². The number of carbonyl (C=O) groups excluding carboxylic acids is 1. The van der Waals surface area contributed by atoms with Gasteiger partial charge in [0.05, 0.1) is 12.2 Å². The standard InChI is InChI=1S/C11H15N3O4.ClH/c1-7-5-10(18-13-7)12-9(15)6-14-4-2-3-8(14)11(16)17;/h5,8H,2-4,6H2,1H3,(H,12,15)(H,16,17);1H. The summed E-state index contributed by atoms with van der Waals surface area (Å²) in [5.41, 5.74) is 0.676. The van der Waals surface area contributed by atoms with Gasteiger partial charge < -0.3 is 9.63 Å². The lowest BCUT2D eigenvalue weighted by atomic mass is 10.2. The fraction of sp³-hybridized carbons (Fsp3) is 0.545. The number of carbonyl (C=O) groups is 2. The number of hydrogen-bond acceptors (Lipinski definition) is 5. The van der Waals surface area contributed by atoms with E-state index in [1.165, 1.54) is 0 Å². The van der Waals surface area contributed by atoms with E-state index in [4.69, 9.17) is 9.63 Å². The smallest absolute Gasteiger partial charge is 0.320 e. The number of amides is 1. The Hall–Kier alpha value is -1.60. The molecule has 1 aromatic heterocycles. The van der Waals surface area contributed by atoms with Gasteiger partial charge in [0.2, 0.25) is 11.8 Å². The molecule has 1 fully saturated rings. The van der Waals surface area contributed by atoms with Crippen LogP contribution in [-0.2, 0) is 9.59 Å². The minimum Gasteiger partial charge on any atom is -0.480 e. The van der Waals surface area contributed by atoms with Crippen molar-refractivity contribution in [3.8, 4) is 0 Å². The van der Waals surface area contributed by atoms with Crippen LogP contribution >= 0.6 is 12.4 Å². The summed E-state index contributed by atoms with van der Waals surface area (Å²) in [4.78, 5) is 24.3. The molecule has 2 N–H and O–H groups in total. The van der Waals surface area contributed by atoms with Gasteiger partial charge in [-0.25, -0.2) is 0 Å². The Balaban J connectivity index is 0.00000180. The molecule has 106 valence electrons. The number of likely N-dealkylation sites (tertiary alicyclic amines) is 1. The number of nitrogens with zero attached hydrogens (tertiary/aromatic N) is 2. The minimum absolute atomic E-state index is 0. The number of nitrogens with one attached hydrogen (secondary N) is 1. The third kappa shape index (κ3) is 3.93. The van der Waals surface area contributed by atoms with Gasteiger partial charge in [0.1, 0.15) is 6.04 Å². The zero-order valence-electron chi connectivity index (χ0n) is 10.5. The summed E-state index contributed by atoms with van der Waals surface area (Å²) < 4.78 is 4.86. The number of hydrogen-bond donors (Lipinski definition) is 2. The topological polar surface area (TPSA) is 95.7 Å². The van der Waals surface area contributed by atoms with Gasteiger partial charge in [0.25, 0.3) is 0 Å². The van der Waals surface area contributed by atoms with Crippen LogP contribution in [0.3, 0.4) is 0 Å². The molecule has 0 bridgehead atoms. The molecular weight excluding hydrogens is 274 g/mol. The van der Waals surface area contributed by atoms with E-state index in [-0.39, 0.29) is 30.7 Å². The Kier molecular flexibility index (Phi) is 5.31. The van der Waals surface area contributed by atoms with Crippen LogP contribution in [0.1, 0.15) is 18.5 Å². The highest BCUT2D eigenvalue weighted by Gasteiger charge is 2.31. The number of carboxylic acid groups (broad SMARTS) is 1. The molecule has 1 unspecified atom stereocenters. The van der Waals surface area contributed by atoms with Crippen molar-refractivity contribution in [3.63, 3.8) is 0 Å². The van der Waals surface area contributed by atoms with Gasteiger partial charge in [-0.05, 0) is 26.3 Å². The lowest BCUT2D eigenvalue weighted by Crippen LogP contribution is -2.40. The van der Waals surface area contributed by atoms with Crippen molar-refractivity contribution < 1.29 is 19.2 Å². The summed E-state index contributed by atoms with van der Waals surface area (Å²) in [7, 11) is 0. The molecule has 1 aromatic rings. The molecule has 2 heterocycles. The molecule has 1 amide bonds. The Morgan fingerprint density at radius 1 is 1.63 bits per heavy atom. The second-order valence-corrected chi connectivity index (χ2v) is 4.35. The average Bonchev–Trinajstić information content (AvgIpc) is 2.87. The molecule has 1 atom stereocenters. The number of carboxylic acids is 1. The van der Waals surface area contributed by atoms with Crippen LogP contribution in [0.25, 0.3) is 0 Å². The SMILES string of the molecule is Cc1cc(NC(=O)CN2CCCC2C(=O)O)on1.Cl. The molecule has 8 heteroatoms. The summed E-state index contributed by atoms with van der Waals surface area (Å²) in [6, 6.07) is 1.04. The van der Waals surface area contributed by atoms with Gasteiger partial charge in [-0.1, -0.05) is 5.16 Å². The van der Waals surface area contributed by atoms with Crippen molar-refractivity contribution in [1.82, 2.24) is 10.1 Å². The highest BCUT2D eigenvalue weighted by molar-refractivity contribution is 5.91. The molecule has 1 saturated heterocycles. The van der Waals surface area contributed by atoms with E-state index >= 15 is 0 Å². The summed E-state index contributed by atoms with van der Waals surface area (Å²) in [5.74, 6) is -0.890. The summed E-state index contributed by atoms with van der Waals surface area (Å²) in [6.45, 7) is 2.43. The summed E-state index contributed by atoms with van der Waals surface area (Å²) in [6.07, 6.45) is 1.38. The molecule has 1 aliphatic rings. The average molecular weight is 290 g/mol. The van der Waals surface area contributed by atoms with Gasteiger partial charge in [-0.15, -0.1) is 12.4 Å². The number of aromatic nitrogens is 1. The van der Waals surface area contributed by atoms with Crippen LogP contribution in [0.2, 0.25) is 0 Å². The van der Waals surface area contributed by atoms with Gasteiger partial charge in [0.15, 0.2) is 0 Å². The van der Waals surface area contributed by atoms with Gasteiger partial charge in [-0.2, -0.15) is 0 Å². The Bertz CT molecular complexity index is 463. The van der Waals surface area contributed by atoms with Crippen LogP contribution in [0.5, 0.6) is 0 Å². The lowest BCUT2D eigenvalue weighted by molar-refractivity contribution is -0.142. The summed E-state index contributed by atoms with van der Waals surface area (Å²) in [5, 5.41) is 15.2. The number of halogens is 1. The predicted molar refractivity (Wildman–Crippen MR) is 69.3 cm³/mol. The maximum Gasteiger partial charge on any atom is 0.320 e. The first-order chi connectivity index (χ1) is 8.56. The van der Waals surface area contributed by atoms with Crippen LogP contribution in [0.15, 0.2) is 10.6 Å². The normalized spacial score (nSPS) is 18.9. The first kappa shape index (κ1) is 15.5. The van der Waals surface area contributed by atoms with Gasteiger partial charge in [0, 0.05) is 6.07 Å². The monoisotopic (exact) mass is 289 g/mol. The Morgan fingerprint density at radius 2 is 2.37 bits per heavy atom. The number of aryl methyl sites for hydroxylation is 1. The third-order valence-electron chi connectivity index (χ3n) is 2.89. The molecule has 1 aliphatic heterocycles. The first-order valence-corrected chi connectivity index (χ1v) is 5.76. The molecule has 0 aromatic carbocycles. The number of aliphatic carboxylic acids is 1. The van der Waals surface area contributed by atoms with E-state index in [1.54, 1.807) is 17.9 Å². The van der Waals surface area contributed by atoms with Gasteiger partial charge in [-0.3, -0.25) is 19.8 Å². The minimum atomic E-state index is -0.879. The van der Waals surface area contributed by atoms with Crippen molar-refractivity contribution in [1.29, 1.82) is 0 Å². The van der Waals surface area contributed by atoms with Crippen molar-refractivity contribution in [2.75, 3.05) is 18.4 Å². The molecule has 0 spiro atoms. The number of anilines is 1. The number of rotatable bonds is 4. The highest BCUT2D eigenvalue weighted by atomic mass is 35.5. The molecule has 0 saturated carbocycles. The van der Waals surface area contributed by atoms with Crippen LogP contribution < -0.4 is 5.32 Å². The highest BCUT2D eigenvalue weighted by Crippen LogP contribution is 2.17. The second kappa shape index (κ2) is 6.53. The molecule has 7 nitrogen and oxygen atoms in total. The predicted octanol–water partition coefficient (Wildman–Crippen LogP) is 0.892. The molecule has 2 rings (SSSR count). The van der Waals surface area contributed by atoms with E-state index in [2.05, 4.69) is 10.5 Å². The van der Waals surface area contributed by atoms with E-state index in [0.717, 1.165) is 6.42 Å². The van der Waals surface area contributed by atoms with Crippen LogP contribution in [-0.4, -0.2) is 46.2 Å². The maximum absolute atomic E-state index is 11.7. The van der Waals surface area contributed by atoms with Crippen molar-refractivity contribution in [2.45, 2.75) is 25.8 Å². The quantitative estimate of drug-likeness (QED) is 0.855. The molecule has 0 radical (unpaired) electrons.